The Morgan fingerprint density at radius 3 is 2.39 bits per heavy atom. The first-order valence-electron chi connectivity index (χ1n) is 6.23. The normalized spacial score (nSPS) is 12.9. The minimum atomic E-state index is -0.377. The van der Waals surface area contributed by atoms with Gasteiger partial charge in [-0.3, -0.25) is 0 Å². The maximum atomic E-state index is 9.78. The summed E-state index contributed by atoms with van der Waals surface area (Å²) >= 11 is 0. The van der Waals surface area contributed by atoms with Crippen molar-refractivity contribution in [3.05, 3.63) is 30.0 Å². The molecule has 0 amide bonds. The number of para-hydroxylation sites is 2. The average Bonchev–Trinajstić information content (AvgIpc) is 2.35. The molecule has 96 valence electrons. The number of nitrogens with zero attached hydrogens (tertiary/aromatic N) is 2. The topological polar surface area (TPSA) is 58.0 Å². The van der Waals surface area contributed by atoms with Gasteiger partial charge in [0.2, 0.25) is 0 Å². The van der Waals surface area contributed by atoms with E-state index in [1.165, 1.54) is 0 Å². The van der Waals surface area contributed by atoms with Gasteiger partial charge in [0.1, 0.15) is 5.82 Å². The minimum Gasteiger partial charge on any atom is -0.391 e. The molecule has 0 radical (unpaired) electrons. The number of fused-ring (bicyclic) bond motifs is 1. The van der Waals surface area contributed by atoms with E-state index in [1.54, 1.807) is 0 Å². The summed E-state index contributed by atoms with van der Waals surface area (Å²) < 4.78 is 0. The molecule has 0 saturated carbocycles. The molecule has 0 aliphatic rings. The van der Waals surface area contributed by atoms with Crippen molar-refractivity contribution in [1.82, 2.24) is 9.97 Å². The van der Waals surface area contributed by atoms with Crippen LogP contribution >= 0.6 is 0 Å². The number of hydrogen-bond donors (Lipinski definition) is 2. The highest BCUT2D eigenvalue weighted by atomic mass is 16.3. The van der Waals surface area contributed by atoms with Gasteiger partial charge in [-0.1, -0.05) is 26.0 Å². The molecule has 0 bridgehead atoms. The Morgan fingerprint density at radius 1 is 1.17 bits per heavy atom. The Hall–Kier alpha value is -1.68. The van der Waals surface area contributed by atoms with Crippen LogP contribution in [-0.2, 0) is 0 Å². The smallest absolute Gasteiger partial charge is 0.148 e. The van der Waals surface area contributed by atoms with E-state index in [0.29, 0.717) is 6.54 Å². The third-order valence-corrected chi connectivity index (χ3v) is 2.99. The Kier molecular flexibility index (Phi) is 3.77. The predicted octanol–water partition coefficient (Wildman–Crippen LogP) is 2.37. The summed E-state index contributed by atoms with van der Waals surface area (Å²) in [6.45, 7) is 6.39. The van der Waals surface area contributed by atoms with Crippen LogP contribution in [0, 0.1) is 12.8 Å². The van der Waals surface area contributed by atoms with E-state index in [9.17, 15) is 5.11 Å². The number of aryl methyl sites for hydroxylation is 1. The highest BCUT2D eigenvalue weighted by molar-refractivity contribution is 5.76. The first-order chi connectivity index (χ1) is 8.58. The van der Waals surface area contributed by atoms with E-state index in [2.05, 4.69) is 15.3 Å². The van der Waals surface area contributed by atoms with Crippen LogP contribution in [0.2, 0.25) is 0 Å². The molecule has 4 nitrogen and oxygen atoms in total. The molecule has 1 aromatic heterocycles. The van der Waals surface area contributed by atoms with Crippen LogP contribution in [0.1, 0.15) is 19.5 Å². The lowest BCUT2D eigenvalue weighted by molar-refractivity contribution is 0.138. The van der Waals surface area contributed by atoms with Crippen molar-refractivity contribution in [1.29, 1.82) is 0 Å². The first kappa shape index (κ1) is 12.8. The molecule has 1 aromatic carbocycles. The second kappa shape index (κ2) is 5.31. The van der Waals surface area contributed by atoms with Crippen LogP contribution in [0.25, 0.3) is 11.0 Å². The number of hydrogen-bond acceptors (Lipinski definition) is 4. The third kappa shape index (κ3) is 2.76. The summed E-state index contributed by atoms with van der Waals surface area (Å²) in [5.41, 5.74) is 2.61. The number of anilines is 1. The Balaban J connectivity index is 2.20. The summed E-state index contributed by atoms with van der Waals surface area (Å²) in [5, 5.41) is 12.9. The van der Waals surface area contributed by atoms with Gasteiger partial charge in [-0.05, 0) is 25.0 Å². The highest BCUT2D eigenvalue weighted by Gasteiger charge is 2.10. The molecule has 1 heterocycles. The van der Waals surface area contributed by atoms with Crippen molar-refractivity contribution < 1.29 is 5.11 Å². The lowest BCUT2D eigenvalue weighted by atomic mass is 10.1. The number of nitrogens with one attached hydrogen (secondary N) is 1. The van der Waals surface area contributed by atoms with E-state index in [-0.39, 0.29) is 12.0 Å². The average molecular weight is 245 g/mol. The van der Waals surface area contributed by atoms with Crippen molar-refractivity contribution in [3.63, 3.8) is 0 Å². The zero-order valence-corrected chi connectivity index (χ0v) is 11.0. The van der Waals surface area contributed by atoms with Gasteiger partial charge in [-0.15, -0.1) is 0 Å². The molecule has 2 rings (SSSR count). The van der Waals surface area contributed by atoms with Crippen LogP contribution in [0.3, 0.4) is 0 Å². The van der Waals surface area contributed by atoms with Crippen molar-refractivity contribution in [2.24, 2.45) is 5.92 Å². The van der Waals surface area contributed by atoms with Gasteiger partial charge in [-0.2, -0.15) is 0 Å². The van der Waals surface area contributed by atoms with Crippen LogP contribution in [0.15, 0.2) is 24.3 Å². The molecule has 2 N–H and O–H groups in total. The lowest BCUT2D eigenvalue weighted by Gasteiger charge is -2.16. The van der Waals surface area contributed by atoms with Crippen molar-refractivity contribution >= 4 is 16.9 Å². The zero-order valence-electron chi connectivity index (χ0n) is 11.0. The summed E-state index contributed by atoms with van der Waals surface area (Å²) in [7, 11) is 0. The Bertz CT molecular complexity index is 540. The Morgan fingerprint density at radius 2 is 1.78 bits per heavy atom. The maximum Gasteiger partial charge on any atom is 0.148 e. The molecule has 18 heavy (non-hydrogen) atoms. The molecule has 0 spiro atoms. The van der Waals surface area contributed by atoms with Crippen LogP contribution in [0.5, 0.6) is 0 Å². The maximum absolute atomic E-state index is 9.78. The second-order valence-electron chi connectivity index (χ2n) is 4.84. The zero-order chi connectivity index (χ0) is 13.1. The van der Waals surface area contributed by atoms with Crippen molar-refractivity contribution in [3.8, 4) is 0 Å². The third-order valence-electron chi connectivity index (χ3n) is 2.99. The number of aliphatic hydroxyl groups is 1. The van der Waals surface area contributed by atoms with E-state index in [4.69, 9.17) is 0 Å². The second-order valence-corrected chi connectivity index (χ2v) is 4.84. The molecule has 0 saturated heterocycles. The molecule has 4 heteroatoms. The van der Waals surface area contributed by atoms with Crippen LogP contribution in [0.4, 0.5) is 5.82 Å². The summed E-state index contributed by atoms with van der Waals surface area (Å²) in [4.78, 5) is 9.01. The standard InChI is InChI=1S/C14H19N3O/c1-9(2)13(18)8-15-14-10(3)16-11-6-4-5-7-12(11)17-14/h4-7,9,13,18H,8H2,1-3H3,(H,15,17). The van der Waals surface area contributed by atoms with Gasteiger partial charge < -0.3 is 10.4 Å². The SMILES string of the molecule is Cc1nc2ccccc2nc1NCC(O)C(C)C. The van der Waals surface area contributed by atoms with Gasteiger partial charge in [0.15, 0.2) is 0 Å². The summed E-state index contributed by atoms with van der Waals surface area (Å²) in [5.74, 6) is 0.972. The fourth-order valence-corrected chi connectivity index (χ4v) is 1.69. The number of benzene rings is 1. The molecular formula is C14H19N3O. The predicted molar refractivity (Wildman–Crippen MR) is 73.6 cm³/mol. The summed E-state index contributed by atoms with van der Waals surface area (Å²) in [6, 6.07) is 7.78. The number of aliphatic hydroxyl groups excluding tert-OH is 1. The number of rotatable bonds is 4. The monoisotopic (exact) mass is 245 g/mol. The molecule has 0 aliphatic heterocycles. The van der Waals surface area contributed by atoms with Gasteiger partial charge in [0.05, 0.1) is 22.8 Å². The van der Waals surface area contributed by atoms with E-state index in [0.717, 1.165) is 22.5 Å². The molecule has 1 atom stereocenters. The highest BCUT2D eigenvalue weighted by Crippen LogP contribution is 2.16. The Labute approximate surface area is 107 Å². The fourth-order valence-electron chi connectivity index (χ4n) is 1.69. The molecule has 2 aromatic rings. The largest absolute Gasteiger partial charge is 0.391 e. The minimum absolute atomic E-state index is 0.228. The fraction of sp³-hybridized carbons (Fsp3) is 0.429. The van der Waals surface area contributed by atoms with E-state index < -0.39 is 0 Å². The summed E-state index contributed by atoms with van der Waals surface area (Å²) in [6.07, 6.45) is -0.377. The quantitative estimate of drug-likeness (QED) is 0.868. The van der Waals surface area contributed by atoms with Crippen LogP contribution < -0.4 is 5.32 Å². The molecule has 0 fully saturated rings. The van der Waals surface area contributed by atoms with E-state index >= 15 is 0 Å². The number of aromatic nitrogens is 2. The first-order valence-corrected chi connectivity index (χ1v) is 6.23. The van der Waals surface area contributed by atoms with Gasteiger partial charge in [0.25, 0.3) is 0 Å². The molecular weight excluding hydrogens is 226 g/mol. The van der Waals surface area contributed by atoms with Gasteiger partial charge >= 0.3 is 0 Å². The molecule has 0 aliphatic carbocycles. The van der Waals surface area contributed by atoms with Crippen molar-refractivity contribution in [2.45, 2.75) is 26.9 Å². The lowest BCUT2D eigenvalue weighted by Crippen LogP contribution is -2.25. The van der Waals surface area contributed by atoms with E-state index in [1.807, 2.05) is 45.0 Å². The van der Waals surface area contributed by atoms with Crippen LogP contribution in [-0.4, -0.2) is 27.7 Å². The molecule has 1 unspecified atom stereocenters. The van der Waals surface area contributed by atoms with Gasteiger partial charge in [0, 0.05) is 6.54 Å². The van der Waals surface area contributed by atoms with Crippen molar-refractivity contribution in [2.75, 3.05) is 11.9 Å². The van der Waals surface area contributed by atoms with Gasteiger partial charge in [-0.25, -0.2) is 9.97 Å².